The Morgan fingerprint density at radius 1 is 0.590 bits per heavy atom. The van der Waals surface area contributed by atoms with Crippen LogP contribution < -0.4 is 4.46 Å². The Labute approximate surface area is 236 Å². The molecule has 4 aromatic carbocycles. The zero-order valence-corrected chi connectivity index (χ0v) is 23.5. The van der Waals surface area contributed by atoms with Gasteiger partial charge in [-0.3, -0.25) is 0 Å². The third kappa shape index (κ3) is 8.10. The van der Waals surface area contributed by atoms with Crippen LogP contribution in [0.4, 0.5) is 0 Å². The van der Waals surface area contributed by atoms with Crippen molar-refractivity contribution < 1.29 is 24.1 Å². The van der Waals surface area contributed by atoms with Crippen LogP contribution in [0.1, 0.15) is 16.7 Å². The van der Waals surface area contributed by atoms with Crippen LogP contribution in [0.3, 0.4) is 0 Å². The zero-order chi connectivity index (χ0) is 26.7. The van der Waals surface area contributed by atoms with Crippen molar-refractivity contribution in [2.24, 2.45) is 0 Å². The van der Waals surface area contributed by atoms with Crippen molar-refractivity contribution in [3.63, 3.8) is 0 Å². The minimum absolute atomic E-state index is 0.128. The van der Waals surface area contributed by atoms with Gasteiger partial charge in [0.25, 0.3) is 0 Å². The van der Waals surface area contributed by atoms with Gasteiger partial charge < -0.3 is 0 Å². The van der Waals surface area contributed by atoms with Crippen LogP contribution in [0.15, 0.2) is 121 Å². The predicted molar refractivity (Wildman–Crippen MR) is 153 cm³/mol. The van der Waals surface area contributed by atoms with Crippen molar-refractivity contribution in [1.29, 1.82) is 0 Å². The predicted octanol–water partition coefficient (Wildman–Crippen LogP) is 4.49. The van der Waals surface area contributed by atoms with Crippen LogP contribution in [0.5, 0.6) is 0 Å². The van der Waals surface area contributed by atoms with Gasteiger partial charge in [0.2, 0.25) is 0 Å². The average Bonchev–Trinajstić information content (AvgIpc) is 2.99. The fourth-order valence-electron chi connectivity index (χ4n) is 4.55. The molecule has 1 saturated heterocycles. The quantitative estimate of drug-likeness (QED) is 0.247. The molecule has 5 atom stereocenters. The van der Waals surface area contributed by atoms with Gasteiger partial charge in [-0.05, 0) is 0 Å². The summed E-state index contributed by atoms with van der Waals surface area (Å²) in [6, 6.07) is 40.3. The Morgan fingerprint density at radius 3 is 1.59 bits per heavy atom. The number of hydrogen-bond donors (Lipinski definition) is 1. The zero-order valence-electron chi connectivity index (χ0n) is 21.8. The van der Waals surface area contributed by atoms with E-state index in [9.17, 15) is 5.11 Å². The SMILES string of the molecule is O[C@@H]1[C@@H](OCc2ccccc2)[C@H](OCc2ccccc2)[C@@H](COCc2ccccc2)O[C@@H]1[Se]c1ccccc1. The Hall–Kier alpha value is -2.80. The van der Waals surface area contributed by atoms with E-state index in [0.29, 0.717) is 26.4 Å². The number of aliphatic hydroxyl groups excluding tert-OH is 1. The minimum atomic E-state index is -0.847. The molecule has 202 valence electrons. The topological polar surface area (TPSA) is 57.2 Å². The molecule has 0 aromatic heterocycles. The van der Waals surface area contributed by atoms with Gasteiger partial charge in [0.05, 0.1) is 0 Å². The van der Waals surface area contributed by atoms with Crippen molar-refractivity contribution in [2.75, 3.05) is 6.61 Å². The van der Waals surface area contributed by atoms with Gasteiger partial charge in [0.1, 0.15) is 0 Å². The van der Waals surface area contributed by atoms with Crippen molar-refractivity contribution >= 4 is 19.4 Å². The van der Waals surface area contributed by atoms with Gasteiger partial charge in [-0.1, -0.05) is 0 Å². The molecular weight excluding hydrogens is 555 g/mol. The Balaban J connectivity index is 1.37. The number of benzene rings is 4. The van der Waals surface area contributed by atoms with Gasteiger partial charge in [-0.2, -0.15) is 0 Å². The second-order valence-corrected chi connectivity index (χ2v) is 11.9. The van der Waals surface area contributed by atoms with E-state index in [-0.39, 0.29) is 15.0 Å². The maximum atomic E-state index is 11.6. The first-order chi connectivity index (χ1) is 19.3. The van der Waals surface area contributed by atoms with E-state index < -0.39 is 29.4 Å². The fourth-order valence-corrected chi connectivity index (χ4v) is 6.81. The first-order valence-corrected chi connectivity index (χ1v) is 15.1. The standard InChI is InChI=1S/C33H34O5Se/c34-30-32(37-23-27-17-9-3-10-18-27)31(36-22-26-15-7-2-8-16-26)29(24-35-21-25-13-5-1-6-14-25)38-33(30)39-28-19-11-4-12-20-28/h1-20,29-34H,21-24H2/t29-,30-,31-,32-,33-/m1/s1. The molecule has 5 rings (SSSR count). The Kier molecular flexibility index (Phi) is 10.4. The molecule has 1 N–H and O–H groups in total. The van der Waals surface area contributed by atoms with E-state index in [2.05, 4.69) is 12.1 Å². The van der Waals surface area contributed by atoms with E-state index in [1.54, 1.807) is 0 Å². The monoisotopic (exact) mass is 590 g/mol. The molecular formula is C33H34O5Se. The summed E-state index contributed by atoms with van der Waals surface area (Å²) in [4.78, 5) is 0. The molecule has 5 nitrogen and oxygen atoms in total. The molecule has 0 bridgehead atoms. The summed E-state index contributed by atoms with van der Waals surface area (Å²) in [5, 5.41) is 11.2. The van der Waals surface area contributed by atoms with Crippen LogP contribution >= 0.6 is 0 Å². The molecule has 0 spiro atoms. The fraction of sp³-hybridized carbons (Fsp3) is 0.273. The van der Waals surface area contributed by atoms with E-state index in [0.717, 1.165) is 21.2 Å². The summed E-state index contributed by atoms with van der Waals surface area (Å²) < 4.78 is 26.8. The molecule has 1 heterocycles. The van der Waals surface area contributed by atoms with Crippen molar-refractivity contribution in [3.8, 4) is 0 Å². The van der Waals surface area contributed by atoms with E-state index in [1.165, 1.54) is 0 Å². The Bertz CT molecular complexity index is 1230. The molecule has 1 aliphatic heterocycles. The Morgan fingerprint density at radius 2 is 1.05 bits per heavy atom. The van der Waals surface area contributed by atoms with Gasteiger partial charge in [-0.15, -0.1) is 0 Å². The van der Waals surface area contributed by atoms with Gasteiger partial charge in [-0.25, -0.2) is 0 Å². The molecule has 0 amide bonds. The van der Waals surface area contributed by atoms with Gasteiger partial charge in [0.15, 0.2) is 0 Å². The van der Waals surface area contributed by atoms with Gasteiger partial charge in [0, 0.05) is 0 Å². The van der Waals surface area contributed by atoms with Crippen molar-refractivity contribution in [1.82, 2.24) is 0 Å². The van der Waals surface area contributed by atoms with E-state index >= 15 is 0 Å². The van der Waals surface area contributed by atoms with E-state index in [1.807, 2.05) is 109 Å². The second-order valence-electron chi connectivity index (χ2n) is 9.49. The van der Waals surface area contributed by atoms with E-state index in [4.69, 9.17) is 18.9 Å². The molecule has 6 heteroatoms. The first kappa shape index (κ1) is 27.8. The molecule has 39 heavy (non-hydrogen) atoms. The summed E-state index contributed by atoms with van der Waals surface area (Å²) in [5.74, 6) is 0. The second kappa shape index (κ2) is 14.5. The summed E-state index contributed by atoms with van der Waals surface area (Å²) >= 11 is -0.128. The van der Waals surface area contributed by atoms with Crippen molar-refractivity contribution in [2.45, 2.75) is 49.2 Å². The number of rotatable bonds is 12. The molecule has 4 aromatic rings. The molecule has 0 radical (unpaired) electrons. The summed E-state index contributed by atoms with van der Waals surface area (Å²) in [6.07, 6.45) is -2.34. The summed E-state index contributed by atoms with van der Waals surface area (Å²) in [7, 11) is 0. The normalized spacial score (nSPS) is 22.9. The van der Waals surface area contributed by atoms with Crippen molar-refractivity contribution in [3.05, 3.63) is 138 Å². The van der Waals surface area contributed by atoms with Crippen LogP contribution in [0.2, 0.25) is 0 Å². The molecule has 0 unspecified atom stereocenters. The summed E-state index contributed by atoms with van der Waals surface area (Å²) in [5.41, 5.74) is 3.19. The number of ether oxygens (including phenoxy) is 4. The summed E-state index contributed by atoms with van der Waals surface area (Å²) in [6.45, 7) is 1.55. The van der Waals surface area contributed by atoms with Gasteiger partial charge >= 0.3 is 237 Å². The third-order valence-electron chi connectivity index (χ3n) is 6.57. The molecule has 0 aliphatic carbocycles. The van der Waals surface area contributed by atoms with Crippen LogP contribution in [-0.4, -0.2) is 56.1 Å². The van der Waals surface area contributed by atoms with Crippen LogP contribution in [-0.2, 0) is 38.8 Å². The van der Waals surface area contributed by atoms with Crippen LogP contribution in [0.25, 0.3) is 0 Å². The third-order valence-corrected chi connectivity index (χ3v) is 9.02. The maximum absolute atomic E-state index is 11.6. The average molecular weight is 590 g/mol. The number of aliphatic hydroxyl groups is 1. The number of hydrogen-bond acceptors (Lipinski definition) is 5. The molecule has 1 fully saturated rings. The molecule has 0 saturated carbocycles. The first-order valence-electron chi connectivity index (χ1n) is 13.2. The van der Waals surface area contributed by atoms with Crippen LogP contribution in [0, 0.1) is 0 Å². The molecule has 1 aliphatic rings.